The molecule has 0 aromatic carbocycles. The second kappa shape index (κ2) is 3.21. The van der Waals surface area contributed by atoms with E-state index < -0.39 is 0 Å². The summed E-state index contributed by atoms with van der Waals surface area (Å²) in [6.07, 6.45) is 4.93. The van der Waals surface area contributed by atoms with Crippen molar-refractivity contribution < 1.29 is 0 Å². The molecular formula is C10H13N3. The lowest BCUT2D eigenvalue weighted by Gasteiger charge is -2.13. The smallest absolute Gasteiger partial charge is 0.0659 e. The Balaban J connectivity index is 2.25. The van der Waals surface area contributed by atoms with Gasteiger partial charge in [-0.3, -0.25) is 4.68 Å². The fraction of sp³-hybridized carbons (Fsp3) is 0.600. The van der Waals surface area contributed by atoms with Crippen LogP contribution < -0.4 is 0 Å². The molecule has 1 aliphatic carbocycles. The van der Waals surface area contributed by atoms with Crippen LogP contribution in [0.1, 0.15) is 24.6 Å². The third-order valence-electron chi connectivity index (χ3n) is 2.63. The predicted molar refractivity (Wildman–Crippen MR) is 49.0 cm³/mol. The maximum absolute atomic E-state index is 8.80. The number of nitriles is 1. The van der Waals surface area contributed by atoms with Crippen LogP contribution in [0.3, 0.4) is 0 Å². The lowest BCUT2D eigenvalue weighted by atomic mass is 9.89. The number of hydrogen-bond donors (Lipinski definition) is 0. The molecule has 3 heteroatoms. The Morgan fingerprint density at radius 3 is 3.31 bits per heavy atom. The molecular weight excluding hydrogens is 162 g/mol. The first-order valence-electron chi connectivity index (χ1n) is 4.78. The number of hydrogen-bond acceptors (Lipinski definition) is 2. The van der Waals surface area contributed by atoms with Crippen molar-refractivity contribution in [2.45, 2.75) is 32.7 Å². The van der Waals surface area contributed by atoms with Crippen LogP contribution in [0.4, 0.5) is 0 Å². The van der Waals surface area contributed by atoms with E-state index in [2.05, 4.69) is 24.3 Å². The zero-order valence-electron chi connectivity index (χ0n) is 7.82. The minimum atomic E-state index is 0.210. The quantitative estimate of drug-likeness (QED) is 0.649. The van der Waals surface area contributed by atoms with Crippen LogP contribution in [0, 0.1) is 17.2 Å². The summed E-state index contributed by atoms with van der Waals surface area (Å²) in [5.41, 5.74) is 2.48. The van der Waals surface area contributed by atoms with Crippen molar-refractivity contribution in [1.29, 1.82) is 5.26 Å². The summed E-state index contributed by atoms with van der Waals surface area (Å²) in [5.74, 6) is 0.210. The first-order valence-corrected chi connectivity index (χ1v) is 4.78. The molecule has 0 bridgehead atoms. The highest BCUT2D eigenvalue weighted by molar-refractivity contribution is 5.22. The Morgan fingerprint density at radius 2 is 2.62 bits per heavy atom. The van der Waals surface area contributed by atoms with Crippen molar-refractivity contribution >= 4 is 0 Å². The fourth-order valence-corrected chi connectivity index (χ4v) is 1.83. The molecule has 1 heterocycles. The van der Waals surface area contributed by atoms with Crippen molar-refractivity contribution in [3.63, 3.8) is 0 Å². The van der Waals surface area contributed by atoms with Gasteiger partial charge in [0.1, 0.15) is 0 Å². The lowest BCUT2D eigenvalue weighted by molar-refractivity contribution is 0.555. The molecule has 1 aliphatic rings. The van der Waals surface area contributed by atoms with Gasteiger partial charge in [-0.2, -0.15) is 10.4 Å². The summed E-state index contributed by atoms with van der Waals surface area (Å²) in [6.45, 7) is 3.00. The van der Waals surface area contributed by atoms with Crippen molar-refractivity contribution in [3.8, 4) is 6.07 Å². The molecule has 0 amide bonds. The van der Waals surface area contributed by atoms with Gasteiger partial charge in [0.15, 0.2) is 0 Å². The minimum absolute atomic E-state index is 0.210. The van der Waals surface area contributed by atoms with E-state index in [1.807, 2.05) is 4.68 Å². The molecule has 1 atom stereocenters. The van der Waals surface area contributed by atoms with Gasteiger partial charge in [0, 0.05) is 12.7 Å². The van der Waals surface area contributed by atoms with E-state index in [0.717, 1.165) is 25.8 Å². The lowest BCUT2D eigenvalue weighted by Crippen LogP contribution is -2.11. The Bertz CT molecular complexity index is 346. The Labute approximate surface area is 78.0 Å². The Morgan fingerprint density at radius 1 is 1.77 bits per heavy atom. The zero-order valence-corrected chi connectivity index (χ0v) is 7.82. The second-order valence-corrected chi connectivity index (χ2v) is 3.53. The van der Waals surface area contributed by atoms with E-state index in [4.69, 9.17) is 5.26 Å². The Hall–Kier alpha value is -1.30. The summed E-state index contributed by atoms with van der Waals surface area (Å²) in [7, 11) is 0. The van der Waals surface area contributed by atoms with E-state index in [9.17, 15) is 0 Å². The third kappa shape index (κ3) is 1.44. The number of nitrogens with zero attached hydrogens (tertiary/aromatic N) is 3. The fourth-order valence-electron chi connectivity index (χ4n) is 1.83. The van der Waals surface area contributed by atoms with Crippen LogP contribution in [0.2, 0.25) is 0 Å². The second-order valence-electron chi connectivity index (χ2n) is 3.53. The first kappa shape index (κ1) is 8.31. The topological polar surface area (TPSA) is 41.6 Å². The van der Waals surface area contributed by atoms with Crippen molar-refractivity contribution in [3.05, 3.63) is 17.5 Å². The van der Waals surface area contributed by atoms with Gasteiger partial charge in [0.05, 0.1) is 17.7 Å². The average molecular weight is 175 g/mol. The number of aromatic nitrogens is 2. The van der Waals surface area contributed by atoms with Gasteiger partial charge in [0.2, 0.25) is 0 Å². The normalized spacial score (nSPS) is 20.8. The van der Waals surface area contributed by atoms with Crippen LogP contribution in [0.25, 0.3) is 0 Å². The minimum Gasteiger partial charge on any atom is -0.272 e. The van der Waals surface area contributed by atoms with Gasteiger partial charge in [-0.25, -0.2) is 0 Å². The molecule has 68 valence electrons. The van der Waals surface area contributed by atoms with E-state index in [-0.39, 0.29) is 5.92 Å². The van der Waals surface area contributed by atoms with Crippen molar-refractivity contribution in [1.82, 2.24) is 9.78 Å². The monoisotopic (exact) mass is 175 g/mol. The molecule has 0 radical (unpaired) electrons. The molecule has 0 saturated carbocycles. The summed E-state index contributed by atoms with van der Waals surface area (Å²) in [6, 6.07) is 2.34. The van der Waals surface area contributed by atoms with E-state index >= 15 is 0 Å². The molecule has 0 aliphatic heterocycles. The third-order valence-corrected chi connectivity index (χ3v) is 2.63. The van der Waals surface area contributed by atoms with Crippen LogP contribution in [-0.2, 0) is 19.4 Å². The molecule has 0 saturated heterocycles. The molecule has 13 heavy (non-hydrogen) atoms. The van der Waals surface area contributed by atoms with E-state index in [1.54, 1.807) is 0 Å². The van der Waals surface area contributed by atoms with Gasteiger partial charge in [-0.1, -0.05) is 0 Å². The average Bonchev–Trinajstić information content (AvgIpc) is 2.58. The Kier molecular flexibility index (Phi) is 2.05. The van der Waals surface area contributed by atoms with Gasteiger partial charge in [-0.15, -0.1) is 0 Å². The molecule has 0 fully saturated rings. The summed E-state index contributed by atoms with van der Waals surface area (Å²) in [4.78, 5) is 0. The molecule has 1 aromatic heterocycles. The first-order chi connectivity index (χ1) is 6.33. The molecule has 3 nitrogen and oxygen atoms in total. The summed E-state index contributed by atoms with van der Waals surface area (Å²) in [5, 5.41) is 13.2. The number of fused-ring (bicyclic) bond motifs is 1. The highest BCUT2D eigenvalue weighted by Crippen LogP contribution is 2.23. The molecule has 0 spiro atoms. The number of aryl methyl sites for hydroxylation is 2. The van der Waals surface area contributed by atoms with Crippen LogP contribution in [0.15, 0.2) is 6.20 Å². The highest BCUT2D eigenvalue weighted by atomic mass is 15.3. The van der Waals surface area contributed by atoms with Crippen LogP contribution >= 0.6 is 0 Å². The van der Waals surface area contributed by atoms with Crippen LogP contribution in [0.5, 0.6) is 0 Å². The van der Waals surface area contributed by atoms with Crippen molar-refractivity contribution in [2.24, 2.45) is 5.92 Å². The van der Waals surface area contributed by atoms with Gasteiger partial charge < -0.3 is 0 Å². The van der Waals surface area contributed by atoms with Gasteiger partial charge in [-0.05, 0) is 31.7 Å². The van der Waals surface area contributed by atoms with Gasteiger partial charge in [0.25, 0.3) is 0 Å². The summed E-state index contributed by atoms with van der Waals surface area (Å²) >= 11 is 0. The number of rotatable bonds is 1. The molecule has 1 unspecified atom stereocenters. The van der Waals surface area contributed by atoms with Crippen LogP contribution in [-0.4, -0.2) is 9.78 Å². The largest absolute Gasteiger partial charge is 0.272 e. The zero-order chi connectivity index (χ0) is 9.26. The van der Waals surface area contributed by atoms with Gasteiger partial charge >= 0.3 is 0 Å². The summed E-state index contributed by atoms with van der Waals surface area (Å²) < 4.78 is 1.96. The maximum Gasteiger partial charge on any atom is 0.0659 e. The van der Waals surface area contributed by atoms with E-state index in [1.165, 1.54) is 11.3 Å². The molecule has 2 rings (SSSR count). The standard InChI is InChI=1S/C10H13N3/c1-2-13-7-9-5-8(6-11)3-4-10(9)12-13/h7-8H,2-5H2,1H3. The molecule has 1 aromatic rings. The SMILES string of the molecule is CCn1cc2c(n1)CCC(C#N)C2. The highest BCUT2D eigenvalue weighted by Gasteiger charge is 2.20. The van der Waals surface area contributed by atoms with E-state index in [0.29, 0.717) is 0 Å². The maximum atomic E-state index is 8.80. The molecule has 0 N–H and O–H groups in total. The predicted octanol–water partition coefficient (Wildman–Crippen LogP) is 1.53. The van der Waals surface area contributed by atoms with Crippen molar-refractivity contribution in [2.75, 3.05) is 0 Å².